The first-order chi connectivity index (χ1) is 14.5. The normalized spacial score (nSPS) is 18.5. The summed E-state index contributed by atoms with van der Waals surface area (Å²) in [7, 11) is 1.61. The zero-order valence-electron chi connectivity index (χ0n) is 16.3. The van der Waals surface area contributed by atoms with Crippen molar-refractivity contribution in [3.05, 3.63) is 59.7 Å². The van der Waals surface area contributed by atoms with Crippen LogP contribution < -0.4 is 10.1 Å². The van der Waals surface area contributed by atoms with E-state index in [0.717, 1.165) is 22.0 Å². The molecule has 2 aliphatic heterocycles. The lowest BCUT2D eigenvalue weighted by atomic mass is 10.0. The van der Waals surface area contributed by atoms with Gasteiger partial charge in [-0.2, -0.15) is 0 Å². The average Bonchev–Trinajstić information content (AvgIpc) is 3.08. The summed E-state index contributed by atoms with van der Waals surface area (Å²) in [6, 6.07) is 14.7. The second-order valence-corrected chi connectivity index (χ2v) is 7.50. The molecule has 5 rings (SSSR count). The number of amides is 3. The lowest BCUT2D eigenvalue weighted by Crippen LogP contribution is -2.52. The Morgan fingerprint density at radius 3 is 2.73 bits per heavy atom. The summed E-state index contributed by atoms with van der Waals surface area (Å²) in [5.74, 6) is -0.243. The zero-order chi connectivity index (χ0) is 20.8. The van der Waals surface area contributed by atoms with Crippen LogP contribution in [0.15, 0.2) is 48.5 Å². The van der Waals surface area contributed by atoms with Gasteiger partial charge in [-0.25, -0.2) is 4.98 Å². The van der Waals surface area contributed by atoms with E-state index < -0.39 is 11.9 Å². The quantitative estimate of drug-likeness (QED) is 0.682. The molecule has 1 saturated heterocycles. The predicted octanol–water partition coefficient (Wildman–Crippen LogP) is 2.67. The van der Waals surface area contributed by atoms with Gasteiger partial charge >= 0.3 is 0 Å². The molecule has 1 unspecified atom stereocenters. The van der Waals surface area contributed by atoms with E-state index in [1.807, 2.05) is 42.5 Å². The minimum Gasteiger partial charge on any atom is -0.494 e. The highest BCUT2D eigenvalue weighted by molar-refractivity contribution is 6.05. The van der Waals surface area contributed by atoms with Crippen LogP contribution >= 0.6 is 0 Å². The number of carbonyl (C=O) groups is 3. The Hall–Kier alpha value is -3.74. The van der Waals surface area contributed by atoms with Gasteiger partial charge in [-0.05, 0) is 36.2 Å². The molecule has 1 atom stereocenters. The fourth-order valence-electron chi connectivity index (χ4n) is 4.18. The number of rotatable bonds is 3. The van der Waals surface area contributed by atoms with Gasteiger partial charge < -0.3 is 9.64 Å². The Morgan fingerprint density at radius 2 is 1.93 bits per heavy atom. The van der Waals surface area contributed by atoms with Gasteiger partial charge in [0.25, 0.3) is 5.91 Å². The van der Waals surface area contributed by atoms with Crippen molar-refractivity contribution in [2.24, 2.45) is 0 Å². The lowest BCUT2D eigenvalue weighted by molar-refractivity contribution is -0.136. The molecule has 3 heterocycles. The van der Waals surface area contributed by atoms with Crippen molar-refractivity contribution in [2.45, 2.75) is 25.4 Å². The van der Waals surface area contributed by atoms with Crippen LogP contribution in [0.1, 0.15) is 28.8 Å². The molecule has 7 nitrogen and oxygen atoms in total. The number of para-hydroxylation sites is 1. The Bertz CT molecular complexity index is 1220. The molecule has 30 heavy (non-hydrogen) atoms. The number of fused-ring (bicyclic) bond motifs is 2. The van der Waals surface area contributed by atoms with Crippen molar-refractivity contribution in [3.63, 3.8) is 0 Å². The van der Waals surface area contributed by atoms with Crippen LogP contribution in [0, 0.1) is 0 Å². The second-order valence-electron chi connectivity index (χ2n) is 7.50. The highest BCUT2D eigenvalue weighted by Crippen LogP contribution is 2.35. The third-order valence-corrected chi connectivity index (χ3v) is 5.71. The van der Waals surface area contributed by atoms with Crippen LogP contribution in [0.3, 0.4) is 0 Å². The SMILES string of the molecule is COc1cc2ccccc2nc1-c1ccc2c(c1)CN(C1CCC(=O)NC1=O)C2=O. The number of pyridine rings is 1. The molecule has 3 aromatic rings. The van der Waals surface area contributed by atoms with Gasteiger partial charge in [0.2, 0.25) is 11.8 Å². The number of imide groups is 1. The minimum absolute atomic E-state index is 0.190. The molecular formula is C23H19N3O4. The smallest absolute Gasteiger partial charge is 0.255 e. The number of methoxy groups -OCH3 is 1. The maximum atomic E-state index is 12.9. The number of aromatic nitrogens is 1. The van der Waals surface area contributed by atoms with Crippen LogP contribution in [-0.2, 0) is 16.1 Å². The third-order valence-electron chi connectivity index (χ3n) is 5.71. The molecule has 0 saturated carbocycles. The van der Waals surface area contributed by atoms with Crippen molar-refractivity contribution >= 4 is 28.6 Å². The molecule has 0 aliphatic carbocycles. The van der Waals surface area contributed by atoms with Gasteiger partial charge in [0.05, 0.1) is 12.6 Å². The number of hydrogen-bond donors (Lipinski definition) is 1. The van der Waals surface area contributed by atoms with Crippen molar-refractivity contribution in [1.29, 1.82) is 0 Å². The monoisotopic (exact) mass is 401 g/mol. The summed E-state index contributed by atoms with van der Waals surface area (Å²) >= 11 is 0. The van der Waals surface area contributed by atoms with Crippen LogP contribution in [0.5, 0.6) is 5.75 Å². The van der Waals surface area contributed by atoms with Crippen molar-refractivity contribution in [3.8, 4) is 17.0 Å². The maximum absolute atomic E-state index is 12.9. The maximum Gasteiger partial charge on any atom is 0.255 e. The fraction of sp³-hybridized carbons (Fsp3) is 0.217. The average molecular weight is 401 g/mol. The highest BCUT2D eigenvalue weighted by atomic mass is 16.5. The summed E-state index contributed by atoms with van der Waals surface area (Å²) in [6.45, 7) is 0.324. The highest BCUT2D eigenvalue weighted by Gasteiger charge is 2.39. The Balaban J connectivity index is 1.51. The van der Waals surface area contributed by atoms with Crippen LogP contribution in [0.4, 0.5) is 0 Å². The predicted molar refractivity (Wildman–Crippen MR) is 110 cm³/mol. The van der Waals surface area contributed by atoms with Crippen LogP contribution in [-0.4, -0.2) is 40.8 Å². The van der Waals surface area contributed by atoms with Crippen molar-refractivity contribution in [1.82, 2.24) is 15.2 Å². The van der Waals surface area contributed by atoms with Crippen molar-refractivity contribution < 1.29 is 19.1 Å². The van der Waals surface area contributed by atoms with Gasteiger partial charge in [0.1, 0.15) is 17.5 Å². The summed E-state index contributed by atoms with van der Waals surface area (Å²) < 4.78 is 5.56. The molecule has 2 aliphatic rings. The lowest BCUT2D eigenvalue weighted by Gasteiger charge is -2.29. The first-order valence-corrected chi connectivity index (χ1v) is 9.77. The van der Waals surface area contributed by atoms with E-state index in [2.05, 4.69) is 5.32 Å². The summed E-state index contributed by atoms with van der Waals surface area (Å²) in [5, 5.41) is 3.31. The van der Waals surface area contributed by atoms with Gasteiger partial charge in [-0.3, -0.25) is 19.7 Å². The molecule has 150 valence electrons. The van der Waals surface area contributed by atoms with E-state index >= 15 is 0 Å². The number of benzene rings is 2. The molecule has 3 amide bonds. The summed E-state index contributed by atoms with van der Waals surface area (Å²) in [5.41, 5.74) is 3.80. The van der Waals surface area contributed by atoms with E-state index in [0.29, 0.717) is 30.0 Å². The van der Waals surface area contributed by atoms with Gasteiger partial charge in [0, 0.05) is 29.5 Å². The van der Waals surface area contributed by atoms with Crippen LogP contribution in [0.2, 0.25) is 0 Å². The van der Waals surface area contributed by atoms with E-state index in [9.17, 15) is 14.4 Å². The summed E-state index contributed by atoms with van der Waals surface area (Å²) in [4.78, 5) is 42.9. The second kappa shape index (κ2) is 6.95. The molecular weight excluding hydrogens is 382 g/mol. The fourth-order valence-corrected chi connectivity index (χ4v) is 4.18. The number of piperidine rings is 1. The number of nitrogens with zero attached hydrogens (tertiary/aromatic N) is 2. The molecule has 7 heteroatoms. The Labute approximate surface area is 172 Å². The van der Waals surface area contributed by atoms with Gasteiger partial charge in [-0.1, -0.05) is 24.3 Å². The Morgan fingerprint density at radius 1 is 1.10 bits per heavy atom. The molecule has 0 bridgehead atoms. The molecule has 0 spiro atoms. The van der Waals surface area contributed by atoms with Gasteiger partial charge in [-0.15, -0.1) is 0 Å². The number of nitrogens with one attached hydrogen (secondary N) is 1. The molecule has 1 N–H and O–H groups in total. The van der Waals surface area contributed by atoms with E-state index in [1.165, 1.54) is 0 Å². The van der Waals surface area contributed by atoms with E-state index in [1.54, 1.807) is 18.1 Å². The van der Waals surface area contributed by atoms with Gasteiger partial charge in [0.15, 0.2) is 0 Å². The molecule has 2 aromatic carbocycles. The molecule has 1 fully saturated rings. The molecule has 1 aromatic heterocycles. The number of ether oxygens (including phenoxy) is 1. The first kappa shape index (κ1) is 18.3. The standard InChI is InChI=1S/C23H19N3O4/c1-30-19-11-13-4-2-3-5-17(13)24-21(19)14-6-7-16-15(10-14)12-26(23(16)29)18-8-9-20(27)25-22(18)28/h2-7,10-11,18H,8-9,12H2,1H3,(H,25,27,28). The van der Waals surface area contributed by atoms with E-state index in [4.69, 9.17) is 9.72 Å². The topological polar surface area (TPSA) is 88.6 Å². The van der Waals surface area contributed by atoms with Crippen LogP contribution in [0.25, 0.3) is 22.2 Å². The first-order valence-electron chi connectivity index (χ1n) is 9.77. The molecule has 0 radical (unpaired) electrons. The van der Waals surface area contributed by atoms with Crippen molar-refractivity contribution in [2.75, 3.05) is 7.11 Å². The number of carbonyl (C=O) groups excluding carboxylic acids is 3. The minimum atomic E-state index is -0.626. The Kier molecular flexibility index (Phi) is 4.24. The summed E-state index contributed by atoms with van der Waals surface area (Å²) in [6.07, 6.45) is 0.581. The number of hydrogen-bond acceptors (Lipinski definition) is 5. The van der Waals surface area contributed by atoms with E-state index in [-0.39, 0.29) is 18.2 Å². The third kappa shape index (κ3) is 2.90. The largest absolute Gasteiger partial charge is 0.494 e. The zero-order valence-corrected chi connectivity index (χ0v) is 16.3.